The molecular formula is C11H18N2O. The predicted octanol–water partition coefficient (Wildman–Crippen LogP) is 1.93. The van der Waals surface area contributed by atoms with Crippen LogP contribution in [-0.2, 0) is 0 Å². The van der Waals surface area contributed by atoms with Crippen LogP contribution in [0.25, 0.3) is 0 Å². The van der Waals surface area contributed by atoms with Gasteiger partial charge in [-0.25, -0.2) is 0 Å². The second-order valence-electron chi connectivity index (χ2n) is 3.56. The largest absolute Gasteiger partial charge is 0.492 e. The molecule has 0 fully saturated rings. The second-order valence-corrected chi connectivity index (χ2v) is 3.56. The summed E-state index contributed by atoms with van der Waals surface area (Å²) in [7, 11) is 0. The Hall–Kier alpha value is -1.09. The molecule has 1 heterocycles. The highest BCUT2D eigenvalue weighted by atomic mass is 16.5. The number of aromatic nitrogens is 1. The normalized spacial score (nSPS) is 10.6. The summed E-state index contributed by atoms with van der Waals surface area (Å²) in [6, 6.07) is 3.96. The van der Waals surface area contributed by atoms with Crippen LogP contribution in [0, 0.1) is 0 Å². The zero-order valence-electron chi connectivity index (χ0n) is 8.86. The summed E-state index contributed by atoms with van der Waals surface area (Å²) in [5.74, 6) is 1.29. The zero-order chi connectivity index (χ0) is 10.4. The first kappa shape index (κ1) is 11.0. The van der Waals surface area contributed by atoms with Crippen LogP contribution in [0.4, 0.5) is 0 Å². The first-order valence-corrected chi connectivity index (χ1v) is 5.03. The molecule has 1 aromatic rings. The third-order valence-electron chi connectivity index (χ3n) is 1.97. The van der Waals surface area contributed by atoms with E-state index in [2.05, 4.69) is 18.8 Å². The Morgan fingerprint density at radius 1 is 1.43 bits per heavy atom. The lowest BCUT2D eigenvalue weighted by molar-refractivity contribution is 0.312. The number of hydrogen-bond acceptors (Lipinski definition) is 3. The Balaban J connectivity index is 2.47. The van der Waals surface area contributed by atoms with Crippen molar-refractivity contribution in [2.24, 2.45) is 5.73 Å². The number of hydrogen-bond donors (Lipinski definition) is 1. The van der Waals surface area contributed by atoms with Gasteiger partial charge < -0.3 is 10.5 Å². The number of ether oxygens (including phenoxy) is 1. The van der Waals surface area contributed by atoms with Crippen molar-refractivity contribution in [1.29, 1.82) is 0 Å². The van der Waals surface area contributed by atoms with E-state index in [1.807, 2.05) is 12.1 Å². The Bertz CT molecular complexity index is 256. The lowest BCUT2D eigenvalue weighted by Gasteiger charge is -2.07. The van der Waals surface area contributed by atoms with Crippen molar-refractivity contribution in [1.82, 2.24) is 4.98 Å². The summed E-state index contributed by atoms with van der Waals surface area (Å²) < 4.78 is 5.44. The van der Waals surface area contributed by atoms with Crippen molar-refractivity contribution in [3.05, 3.63) is 24.0 Å². The van der Waals surface area contributed by atoms with Gasteiger partial charge in [-0.15, -0.1) is 0 Å². The molecular weight excluding hydrogens is 176 g/mol. The molecule has 0 bridgehead atoms. The first-order valence-electron chi connectivity index (χ1n) is 5.03. The maximum Gasteiger partial charge on any atom is 0.137 e. The van der Waals surface area contributed by atoms with Crippen LogP contribution in [0.2, 0.25) is 0 Å². The van der Waals surface area contributed by atoms with E-state index in [9.17, 15) is 0 Å². The number of nitrogens with two attached hydrogens (primary N) is 1. The van der Waals surface area contributed by atoms with Crippen molar-refractivity contribution in [3.63, 3.8) is 0 Å². The lowest BCUT2D eigenvalue weighted by Crippen LogP contribution is -2.06. The third kappa shape index (κ3) is 3.34. The maximum absolute atomic E-state index is 5.44. The monoisotopic (exact) mass is 194 g/mol. The van der Waals surface area contributed by atoms with E-state index in [4.69, 9.17) is 10.5 Å². The number of rotatable bonds is 5. The van der Waals surface area contributed by atoms with Crippen LogP contribution < -0.4 is 10.5 Å². The predicted molar refractivity (Wildman–Crippen MR) is 57.5 cm³/mol. The zero-order valence-corrected chi connectivity index (χ0v) is 8.86. The molecule has 0 amide bonds. The standard InChI is InChI=1S/C11H18N2O/c1-9(2)11-5-4-10(8-13-11)14-7-3-6-12/h4-5,8-9H,3,6-7,12H2,1-2H3. The number of pyridine rings is 1. The van der Waals surface area contributed by atoms with Gasteiger partial charge in [0.2, 0.25) is 0 Å². The van der Waals surface area contributed by atoms with Gasteiger partial charge >= 0.3 is 0 Å². The van der Waals surface area contributed by atoms with Crippen LogP contribution in [0.15, 0.2) is 18.3 Å². The van der Waals surface area contributed by atoms with Gasteiger partial charge in [-0.3, -0.25) is 4.98 Å². The van der Waals surface area contributed by atoms with Gasteiger partial charge in [0.1, 0.15) is 5.75 Å². The topological polar surface area (TPSA) is 48.1 Å². The molecule has 14 heavy (non-hydrogen) atoms. The molecule has 2 N–H and O–H groups in total. The molecule has 0 saturated heterocycles. The maximum atomic E-state index is 5.44. The van der Waals surface area contributed by atoms with E-state index in [1.54, 1.807) is 6.20 Å². The number of nitrogens with zero attached hydrogens (tertiary/aromatic N) is 1. The fourth-order valence-electron chi connectivity index (χ4n) is 1.09. The molecule has 1 aromatic heterocycles. The van der Waals surface area contributed by atoms with E-state index in [-0.39, 0.29) is 0 Å². The Morgan fingerprint density at radius 3 is 2.71 bits per heavy atom. The second kappa shape index (κ2) is 5.60. The van der Waals surface area contributed by atoms with Crippen LogP contribution in [-0.4, -0.2) is 18.1 Å². The van der Waals surface area contributed by atoms with Gasteiger partial charge in [-0.2, -0.15) is 0 Å². The SMILES string of the molecule is CC(C)c1ccc(OCCCN)cn1. The highest BCUT2D eigenvalue weighted by molar-refractivity contribution is 5.21. The van der Waals surface area contributed by atoms with E-state index in [0.717, 1.165) is 17.9 Å². The molecule has 0 radical (unpaired) electrons. The van der Waals surface area contributed by atoms with Crippen molar-refractivity contribution in [2.45, 2.75) is 26.2 Å². The summed E-state index contributed by atoms with van der Waals surface area (Å²) in [4.78, 5) is 4.30. The molecule has 0 aliphatic rings. The molecule has 78 valence electrons. The van der Waals surface area contributed by atoms with Crippen LogP contribution in [0.5, 0.6) is 5.75 Å². The van der Waals surface area contributed by atoms with Gasteiger partial charge in [0, 0.05) is 5.69 Å². The van der Waals surface area contributed by atoms with Crippen LogP contribution in [0.1, 0.15) is 31.9 Å². The molecule has 0 aliphatic heterocycles. The lowest BCUT2D eigenvalue weighted by atomic mass is 10.1. The fraction of sp³-hybridized carbons (Fsp3) is 0.545. The molecule has 0 saturated carbocycles. The van der Waals surface area contributed by atoms with Crippen molar-refractivity contribution in [3.8, 4) is 5.75 Å². The van der Waals surface area contributed by atoms with E-state index in [1.165, 1.54) is 0 Å². The quantitative estimate of drug-likeness (QED) is 0.729. The molecule has 0 atom stereocenters. The van der Waals surface area contributed by atoms with Gasteiger partial charge in [0.05, 0.1) is 12.8 Å². The molecule has 1 rings (SSSR count). The molecule has 0 aromatic carbocycles. The van der Waals surface area contributed by atoms with Crippen molar-refractivity contribution >= 4 is 0 Å². The third-order valence-corrected chi connectivity index (χ3v) is 1.97. The minimum absolute atomic E-state index is 0.466. The fourth-order valence-corrected chi connectivity index (χ4v) is 1.09. The minimum Gasteiger partial charge on any atom is -0.492 e. The van der Waals surface area contributed by atoms with E-state index < -0.39 is 0 Å². The minimum atomic E-state index is 0.466. The first-order chi connectivity index (χ1) is 6.74. The Labute approximate surface area is 85.3 Å². The highest BCUT2D eigenvalue weighted by Gasteiger charge is 2.00. The van der Waals surface area contributed by atoms with Gasteiger partial charge in [0.15, 0.2) is 0 Å². The molecule has 3 heteroatoms. The van der Waals surface area contributed by atoms with E-state index >= 15 is 0 Å². The van der Waals surface area contributed by atoms with Crippen molar-refractivity contribution in [2.75, 3.05) is 13.2 Å². The molecule has 0 unspecified atom stereocenters. The summed E-state index contributed by atoms with van der Waals surface area (Å²) in [6.45, 7) is 5.57. The smallest absolute Gasteiger partial charge is 0.137 e. The summed E-state index contributed by atoms with van der Waals surface area (Å²) in [5.41, 5.74) is 6.45. The van der Waals surface area contributed by atoms with Gasteiger partial charge in [0.25, 0.3) is 0 Å². The van der Waals surface area contributed by atoms with Crippen LogP contribution in [0.3, 0.4) is 0 Å². The summed E-state index contributed by atoms with van der Waals surface area (Å²) >= 11 is 0. The summed E-state index contributed by atoms with van der Waals surface area (Å²) in [5, 5.41) is 0. The highest BCUT2D eigenvalue weighted by Crippen LogP contribution is 2.15. The average molecular weight is 194 g/mol. The summed E-state index contributed by atoms with van der Waals surface area (Å²) in [6.07, 6.45) is 2.65. The Kier molecular flexibility index (Phi) is 4.40. The molecule has 0 aliphatic carbocycles. The Morgan fingerprint density at radius 2 is 2.21 bits per heavy atom. The van der Waals surface area contributed by atoms with Gasteiger partial charge in [-0.1, -0.05) is 13.8 Å². The average Bonchev–Trinajstić information content (AvgIpc) is 2.19. The van der Waals surface area contributed by atoms with Gasteiger partial charge in [-0.05, 0) is 31.0 Å². The molecule has 0 spiro atoms. The van der Waals surface area contributed by atoms with E-state index in [0.29, 0.717) is 19.1 Å². The van der Waals surface area contributed by atoms with Crippen LogP contribution >= 0.6 is 0 Å². The van der Waals surface area contributed by atoms with Crippen molar-refractivity contribution < 1.29 is 4.74 Å². The molecule has 3 nitrogen and oxygen atoms in total.